The standard InChI is InChI=1S/C23H30N2O4S/c1-15-10-12-20(29-6)21-18(15)8-7-13-25(21)22(26)19-14-17(11-9-16(19)2)30(27,28)24-23(3,4)5/h9-12,14,24H,7-8,13H2,1-6H3. The summed E-state index contributed by atoms with van der Waals surface area (Å²) in [5, 5.41) is 0. The van der Waals surface area contributed by atoms with E-state index in [-0.39, 0.29) is 10.8 Å². The van der Waals surface area contributed by atoms with Crippen molar-refractivity contribution in [1.82, 2.24) is 4.72 Å². The number of ether oxygens (including phenoxy) is 1. The Morgan fingerprint density at radius 2 is 1.77 bits per heavy atom. The van der Waals surface area contributed by atoms with Gasteiger partial charge >= 0.3 is 0 Å². The first-order valence-corrected chi connectivity index (χ1v) is 11.6. The number of carbonyl (C=O) groups is 1. The third-order valence-electron chi connectivity index (χ3n) is 5.21. The quantitative estimate of drug-likeness (QED) is 0.796. The molecule has 2 aromatic carbocycles. The number of hydrogen-bond acceptors (Lipinski definition) is 4. The Morgan fingerprint density at radius 1 is 1.10 bits per heavy atom. The van der Waals surface area contributed by atoms with Crippen LogP contribution in [0.2, 0.25) is 0 Å². The van der Waals surface area contributed by atoms with Crippen molar-refractivity contribution in [2.45, 2.75) is 57.9 Å². The molecule has 0 saturated heterocycles. The van der Waals surface area contributed by atoms with E-state index in [0.717, 1.165) is 35.2 Å². The van der Waals surface area contributed by atoms with Crippen molar-refractivity contribution in [1.29, 1.82) is 0 Å². The lowest BCUT2D eigenvalue weighted by Gasteiger charge is -2.32. The van der Waals surface area contributed by atoms with Gasteiger partial charge < -0.3 is 9.64 Å². The van der Waals surface area contributed by atoms with E-state index >= 15 is 0 Å². The largest absolute Gasteiger partial charge is 0.495 e. The highest BCUT2D eigenvalue weighted by Gasteiger charge is 2.30. The predicted octanol–water partition coefficient (Wildman–Crippen LogP) is 3.98. The third kappa shape index (κ3) is 4.37. The smallest absolute Gasteiger partial charge is 0.258 e. The van der Waals surface area contributed by atoms with Crippen molar-refractivity contribution < 1.29 is 17.9 Å². The van der Waals surface area contributed by atoms with Crippen molar-refractivity contribution in [2.75, 3.05) is 18.6 Å². The number of aryl methyl sites for hydroxylation is 2. The summed E-state index contributed by atoms with van der Waals surface area (Å²) in [6.07, 6.45) is 1.72. The van der Waals surface area contributed by atoms with Gasteiger partial charge in [-0.15, -0.1) is 0 Å². The van der Waals surface area contributed by atoms with Gasteiger partial charge in [0.05, 0.1) is 17.7 Å². The number of methoxy groups -OCH3 is 1. The van der Waals surface area contributed by atoms with Gasteiger partial charge in [0.2, 0.25) is 10.0 Å². The maximum atomic E-state index is 13.6. The van der Waals surface area contributed by atoms with Crippen LogP contribution in [0.5, 0.6) is 5.75 Å². The first-order valence-electron chi connectivity index (χ1n) is 10.1. The van der Waals surface area contributed by atoms with Crippen LogP contribution < -0.4 is 14.4 Å². The molecule has 30 heavy (non-hydrogen) atoms. The maximum Gasteiger partial charge on any atom is 0.258 e. The highest BCUT2D eigenvalue weighted by Crippen LogP contribution is 2.39. The second-order valence-corrected chi connectivity index (χ2v) is 10.5. The molecule has 162 valence electrons. The molecule has 7 heteroatoms. The molecule has 0 saturated carbocycles. The van der Waals surface area contributed by atoms with Crippen LogP contribution in [0.3, 0.4) is 0 Å². The molecule has 0 unspecified atom stereocenters. The molecule has 0 atom stereocenters. The Kier molecular flexibility index (Phi) is 5.98. The van der Waals surface area contributed by atoms with E-state index in [1.165, 1.54) is 12.1 Å². The molecular formula is C23H30N2O4S. The van der Waals surface area contributed by atoms with Gasteiger partial charge in [0.25, 0.3) is 5.91 Å². The molecule has 1 aliphatic rings. The fourth-order valence-electron chi connectivity index (χ4n) is 3.83. The Hall–Kier alpha value is -2.38. The number of hydrogen-bond donors (Lipinski definition) is 1. The average molecular weight is 431 g/mol. The molecule has 1 amide bonds. The molecule has 0 aromatic heterocycles. The summed E-state index contributed by atoms with van der Waals surface area (Å²) in [5.74, 6) is 0.435. The van der Waals surface area contributed by atoms with E-state index in [1.807, 2.05) is 26.0 Å². The van der Waals surface area contributed by atoms with Gasteiger partial charge in [-0.3, -0.25) is 4.79 Å². The summed E-state index contributed by atoms with van der Waals surface area (Å²) in [5.41, 5.74) is 3.49. The Balaban J connectivity index is 2.07. The molecule has 0 aliphatic carbocycles. The number of sulfonamides is 1. The zero-order chi connectivity index (χ0) is 22.3. The monoisotopic (exact) mass is 430 g/mol. The van der Waals surface area contributed by atoms with E-state index in [0.29, 0.717) is 17.9 Å². The minimum Gasteiger partial charge on any atom is -0.495 e. The van der Waals surface area contributed by atoms with Gasteiger partial charge in [-0.2, -0.15) is 0 Å². The molecule has 0 radical (unpaired) electrons. The SMILES string of the molecule is COc1ccc(C)c2c1N(C(=O)c1cc(S(=O)(=O)NC(C)(C)C)ccc1C)CCC2. The van der Waals surface area contributed by atoms with Crippen molar-refractivity contribution in [3.63, 3.8) is 0 Å². The zero-order valence-electron chi connectivity index (χ0n) is 18.5. The van der Waals surface area contributed by atoms with Crippen LogP contribution in [0.25, 0.3) is 0 Å². The van der Waals surface area contributed by atoms with Crippen molar-refractivity contribution in [3.8, 4) is 5.75 Å². The van der Waals surface area contributed by atoms with E-state index in [2.05, 4.69) is 4.72 Å². The summed E-state index contributed by atoms with van der Waals surface area (Å²) in [7, 11) is -2.15. The lowest BCUT2D eigenvalue weighted by Crippen LogP contribution is -2.40. The third-order valence-corrected chi connectivity index (χ3v) is 6.97. The fraction of sp³-hybridized carbons (Fsp3) is 0.435. The van der Waals surface area contributed by atoms with Crippen LogP contribution >= 0.6 is 0 Å². The van der Waals surface area contributed by atoms with Gasteiger partial charge in [0, 0.05) is 17.6 Å². The molecule has 6 nitrogen and oxygen atoms in total. The van der Waals surface area contributed by atoms with Gasteiger partial charge in [-0.05, 0) is 82.3 Å². The van der Waals surface area contributed by atoms with Gasteiger partial charge in [0.1, 0.15) is 5.75 Å². The van der Waals surface area contributed by atoms with E-state index in [9.17, 15) is 13.2 Å². The van der Waals surface area contributed by atoms with Crippen LogP contribution in [0.4, 0.5) is 5.69 Å². The number of carbonyl (C=O) groups excluding carboxylic acids is 1. The number of nitrogens with zero attached hydrogens (tertiary/aromatic N) is 1. The summed E-state index contributed by atoms with van der Waals surface area (Å²) in [4.78, 5) is 15.4. The number of benzene rings is 2. The lowest BCUT2D eigenvalue weighted by molar-refractivity contribution is 0.0983. The molecule has 1 heterocycles. The average Bonchev–Trinajstić information content (AvgIpc) is 2.66. The first-order chi connectivity index (χ1) is 13.9. The van der Waals surface area contributed by atoms with Gasteiger partial charge in [-0.25, -0.2) is 13.1 Å². The molecular weight excluding hydrogens is 400 g/mol. The molecule has 1 aliphatic heterocycles. The summed E-state index contributed by atoms with van der Waals surface area (Å²) in [6, 6.07) is 8.57. The highest BCUT2D eigenvalue weighted by molar-refractivity contribution is 7.89. The minimum absolute atomic E-state index is 0.0832. The first kappa shape index (κ1) is 22.3. The van der Waals surface area contributed by atoms with E-state index < -0.39 is 15.6 Å². The topological polar surface area (TPSA) is 75.7 Å². The molecule has 1 N–H and O–H groups in total. The van der Waals surface area contributed by atoms with Crippen molar-refractivity contribution >= 4 is 21.6 Å². The van der Waals surface area contributed by atoms with Crippen LogP contribution in [-0.4, -0.2) is 33.5 Å². The summed E-state index contributed by atoms with van der Waals surface area (Å²) >= 11 is 0. The maximum absolute atomic E-state index is 13.6. The number of nitrogens with one attached hydrogen (secondary N) is 1. The number of fused-ring (bicyclic) bond motifs is 1. The predicted molar refractivity (Wildman–Crippen MR) is 119 cm³/mol. The second-order valence-electron chi connectivity index (χ2n) is 8.80. The minimum atomic E-state index is -3.75. The van der Waals surface area contributed by atoms with E-state index in [1.54, 1.807) is 38.8 Å². The van der Waals surface area contributed by atoms with Gasteiger partial charge in [0.15, 0.2) is 0 Å². The second kappa shape index (κ2) is 8.04. The zero-order valence-corrected chi connectivity index (χ0v) is 19.3. The van der Waals surface area contributed by atoms with Gasteiger partial charge in [-0.1, -0.05) is 12.1 Å². The number of anilines is 1. The van der Waals surface area contributed by atoms with Crippen LogP contribution in [0.1, 0.15) is 54.2 Å². The number of rotatable bonds is 4. The van der Waals surface area contributed by atoms with Crippen LogP contribution in [-0.2, 0) is 16.4 Å². The van der Waals surface area contributed by atoms with E-state index in [4.69, 9.17) is 4.74 Å². The number of amides is 1. The lowest BCUT2D eigenvalue weighted by atomic mass is 9.95. The Morgan fingerprint density at radius 3 is 2.40 bits per heavy atom. The van der Waals surface area contributed by atoms with Crippen molar-refractivity contribution in [3.05, 3.63) is 52.6 Å². The fourth-order valence-corrected chi connectivity index (χ4v) is 5.27. The molecule has 0 fully saturated rings. The molecule has 3 rings (SSSR count). The highest BCUT2D eigenvalue weighted by atomic mass is 32.2. The molecule has 2 aromatic rings. The molecule has 0 spiro atoms. The molecule has 0 bridgehead atoms. The summed E-state index contributed by atoms with van der Waals surface area (Å²) in [6.45, 7) is 9.75. The normalized spacial score (nSPS) is 14.4. The van der Waals surface area contributed by atoms with Crippen LogP contribution in [0.15, 0.2) is 35.2 Å². The Bertz CT molecular complexity index is 1090. The Labute approximate surface area is 179 Å². The van der Waals surface area contributed by atoms with Crippen molar-refractivity contribution in [2.24, 2.45) is 0 Å². The summed E-state index contributed by atoms with van der Waals surface area (Å²) < 4.78 is 33.8. The van der Waals surface area contributed by atoms with Crippen LogP contribution in [0, 0.1) is 13.8 Å².